The van der Waals surface area contributed by atoms with Crippen molar-refractivity contribution in [1.82, 2.24) is 4.90 Å². The van der Waals surface area contributed by atoms with E-state index in [-0.39, 0.29) is 0 Å². The van der Waals surface area contributed by atoms with Crippen LogP contribution in [0.3, 0.4) is 0 Å². The molecule has 2 saturated heterocycles. The van der Waals surface area contributed by atoms with Crippen molar-refractivity contribution in [3.63, 3.8) is 0 Å². The maximum absolute atomic E-state index is 11.5. The van der Waals surface area contributed by atoms with Crippen LogP contribution in [-0.2, 0) is 18.6 Å². The summed E-state index contributed by atoms with van der Waals surface area (Å²) < 4.78 is 0. The van der Waals surface area contributed by atoms with Gasteiger partial charge < -0.3 is 5.11 Å². The van der Waals surface area contributed by atoms with Gasteiger partial charge in [0, 0.05) is 18.6 Å². The van der Waals surface area contributed by atoms with E-state index in [1.54, 1.807) is 0 Å². The van der Waals surface area contributed by atoms with Crippen LogP contribution in [0.25, 0.3) is 0 Å². The van der Waals surface area contributed by atoms with Crippen molar-refractivity contribution in [2.24, 2.45) is 0 Å². The highest BCUT2D eigenvalue weighted by Crippen LogP contribution is 2.45. The molecule has 4 rings (SSSR count). The van der Waals surface area contributed by atoms with Crippen LogP contribution in [0.4, 0.5) is 0 Å². The third-order valence-electron chi connectivity index (χ3n) is 6.24. The molecule has 0 spiro atoms. The summed E-state index contributed by atoms with van der Waals surface area (Å²) in [5.74, 6) is 0. The largest absolute Gasteiger partial charge is 0.385 e. The fourth-order valence-electron chi connectivity index (χ4n) is 4.89. The average Bonchev–Trinajstić information content (AvgIpc) is 2.64. The second kappa shape index (κ2) is 6.93. The van der Waals surface area contributed by atoms with Crippen LogP contribution in [0.15, 0.2) is 54.6 Å². The Morgan fingerprint density at radius 1 is 0.960 bits per heavy atom. The van der Waals surface area contributed by atoms with Gasteiger partial charge in [0.1, 0.15) is 0 Å². The molecule has 2 heterocycles. The fourth-order valence-corrected chi connectivity index (χ4v) is 4.89. The Kier molecular flexibility index (Phi) is 4.66. The Morgan fingerprint density at radius 2 is 1.64 bits per heavy atom. The molecule has 25 heavy (non-hydrogen) atoms. The summed E-state index contributed by atoms with van der Waals surface area (Å²) in [5.41, 5.74) is 3.18. The molecule has 2 nitrogen and oxygen atoms in total. The molecule has 2 aromatic rings. The molecule has 2 heteroatoms. The van der Waals surface area contributed by atoms with Gasteiger partial charge in [-0.05, 0) is 48.8 Å². The topological polar surface area (TPSA) is 23.5 Å². The summed E-state index contributed by atoms with van der Waals surface area (Å²) in [6, 6.07) is 20.4. The Hall–Kier alpha value is -1.64. The van der Waals surface area contributed by atoms with Crippen LogP contribution < -0.4 is 0 Å². The van der Waals surface area contributed by atoms with Crippen LogP contribution in [0, 0.1) is 0 Å². The van der Waals surface area contributed by atoms with Gasteiger partial charge in [-0.25, -0.2) is 0 Å². The van der Waals surface area contributed by atoms with Crippen LogP contribution in [0.1, 0.15) is 55.7 Å². The maximum atomic E-state index is 11.5. The first kappa shape index (κ1) is 16.8. The van der Waals surface area contributed by atoms with E-state index in [2.05, 4.69) is 66.4 Å². The lowest BCUT2D eigenvalue weighted by molar-refractivity contribution is -0.0999. The van der Waals surface area contributed by atoms with Gasteiger partial charge >= 0.3 is 0 Å². The van der Waals surface area contributed by atoms with Crippen LogP contribution >= 0.6 is 0 Å². The molecule has 2 bridgehead atoms. The van der Waals surface area contributed by atoms with Crippen LogP contribution in [0.5, 0.6) is 0 Å². The predicted octanol–water partition coefficient (Wildman–Crippen LogP) is 4.65. The molecule has 2 fully saturated rings. The van der Waals surface area contributed by atoms with E-state index in [0.29, 0.717) is 12.1 Å². The molecule has 0 aliphatic carbocycles. The van der Waals surface area contributed by atoms with Crippen molar-refractivity contribution in [2.75, 3.05) is 0 Å². The summed E-state index contributed by atoms with van der Waals surface area (Å²) in [5, 5.41) is 11.5. The van der Waals surface area contributed by atoms with Crippen molar-refractivity contribution < 1.29 is 5.11 Å². The minimum Gasteiger partial charge on any atom is -0.385 e. The monoisotopic (exact) mass is 335 g/mol. The molecule has 2 unspecified atom stereocenters. The summed E-state index contributed by atoms with van der Waals surface area (Å²) in [7, 11) is 0. The number of hydrogen-bond donors (Lipinski definition) is 1. The number of benzene rings is 2. The lowest BCUT2D eigenvalue weighted by Crippen LogP contribution is -2.56. The SMILES string of the molecule is CCc1cccc(C2(O)CC3CCCC(C2)N3Cc2ccccc2)c1. The number of aliphatic hydroxyl groups is 1. The number of aryl methyl sites for hydroxylation is 1. The van der Waals surface area contributed by atoms with Gasteiger partial charge in [0.25, 0.3) is 0 Å². The van der Waals surface area contributed by atoms with Gasteiger partial charge in [0.2, 0.25) is 0 Å². The normalized spacial score (nSPS) is 29.5. The quantitative estimate of drug-likeness (QED) is 0.879. The molecular weight excluding hydrogens is 306 g/mol. The highest BCUT2D eigenvalue weighted by atomic mass is 16.3. The van der Waals surface area contributed by atoms with Crippen LogP contribution in [-0.4, -0.2) is 22.1 Å². The van der Waals surface area contributed by atoms with Crippen molar-refractivity contribution in [2.45, 2.75) is 69.7 Å². The van der Waals surface area contributed by atoms with E-state index in [4.69, 9.17) is 0 Å². The molecule has 0 amide bonds. The molecule has 0 radical (unpaired) electrons. The first-order valence-electron chi connectivity index (χ1n) is 9.79. The highest BCUT2D eigenvalue weighted by molar-refractivity contribution is 5.30. The minimum atomic E-state index is -0.659. The van der Waals surface area contributed by atoms with Crippen molar-refractivity contribution >= 4 is 0 Å². The summed E-state index contributed by atoms with van der Waals surface area (Å²) in [4.78, 5) is 2.66. The van der Waals surface area contributed by atoms with Gasteiger partial charge in [-0.1, -0.05) is 67.9 Å². The van der Waals surface area contributed by atoms with Crippen molar-refractivity contribution in [3.05, 3.63) is 71.3 Å². The van der Waals surface area contributed by atoms with Crippen molar-refractivity contribution in [3.8, 4) is 0 Å². The smallest absolute Gasteiger partial charge is 0.0926 e. The van der Waals surface area contributed by atoms with E-state index < -0.39 is 5.60 Å². The van der Waals surface area contributed by atoms with Gasteiger partial charge in [-0.3, -0.25) is 4.90 Å². The predicted molar refractivity (Wildman–Crippen MR) is 102 cm³/mol. The lowest BCUT2D eigenvalue weighted by atomic mass is 9.72. The molecule has 2 aromatic carbocycles. The second-order valence-corrected chi connectivity index (χ2v) is 7.89. The van der Waals surface area contributed by atoms with Gasteiger partial charge in [-0.15, -0.1) is 0 Å². The Balaban J connectivity index is 1.58. The molecule has 0 saturated carbocycles. The summed E-state index contributed by atoms with van der Waals surface area (Å²) in [6.07, 6.45) is 6.47. The number of piperidine rings is 2. The highest BCUT2D eigenvalue weighted by Gasteiger charge is 2.46. The van der Waals surface area contributed by atoms with Crippen molar-refractivity contribution in [1.29, 1.82) is 0 Å². The zero-order valence-corrected chi connectivity index (χ0v) is 15.2. The molecule has 2 atom stereocenters. The third-order valence-corrected chi connectivity index (χ3v) is 6.24. The van der Waals surface area contributed by atoms with E-state index in [9.17, 15) is 5.11 Å². The fraction of sp³-hybridized carbons (Fsp3) is 0.478. The first-order valence-corrected chi connectivity index (χ1v) is 9.79. The summed E-state index contributed by atoms with van der Waals surface area (Å²) >= 11 is 0. The Labute approximate surface area is 151 Å². The van der Waals surface area contributed by atoms with E-state index in [1.165, 1.54) is 30.4 Å². The first-order chi connectivity index (χ1) is 12.2. The standard InChI is InChI=1S/C23H29NO/c1-2-18-10-6-11-20(14-18)23(25)15-21-12-7-13-22(16-23)24(21)17-19-8-4-3-5-9-19/h3-6,8-11,14,21-22,25H,2,7,12-13,15-17H2,1H3. The second-order valence-electron chi connectivity index (χ2n) is 7.89. The van der Waals surface area contributed by atoms with Gasteiger partial charge in [0.15, 0.2) is 0 Å². The third kappa shape index (κ3) is 3.38. The zero-order valence-electron chi connectivity index (χ0n) is 15.2. The molecular formula is C23H29NO. The molecule has 0 aromatic heterocycles. The molecule has 2 aliphatic rings. The Morgan fingerprint density at radius 3 is 2.32 bits per heavy atom. The van der Waals surface area contributed by atoms with E-state index in [0.717, 1.165) is 31.4 Å². The van der Waals surface area contributed by atoms with Gasteiger partial charge in [0.05, 0.1) is 5.60 Å². The lowest BCUT2D eigenvalue weighted by Gasteiger charge is -2.52. The number of hydrogen-bond acceptors (Lipinski definition) is 2. The minimum absolute atomic E-state index is 0.489. The average molecular weight is 335 g/mol. The molecule has 1 N–H and O–H groups in total. The number of rotatable bonds is 4. The Bertz CT molecular complexity index is 697. The number of fused-ring (bicyclic) bond motifs is 2. The maximum Gasteiger partial charge on any atom is 0.0926 e. The van der Waals surface area contributed by atoms with Crippen LogP contribution in [0.2, 0.25) is 0 Å². The number of nitrogens with zero attached hydrogens (tertiary/aromatic N) is 1. The molecule has 132 valence electrons. The summed E-state index contributed by atoms with van der Waals surface area (Å²) in [6.45, 7) is 3.20. The van der Waals surface area contributed by atoms with E-state index >= 15 is 0 Å². The van der Waals surface area contributed by atoms with Gasteiger partial charge in [-0.2, -0.15) is 0 Å². The zero-order chi connectivity index (χ0) is 17.3. The van der Waals surface area contributed by atoms with E-state index in [1.807, 2.05) is 0 Å². The molecule has 2 aliphatic heterocycles.